The van der Waals surface area contributed by atoms with Crippen molar-refractivity contribution in [1.82, 2.24) is 5.32 Å². The molecule has 1 aromatic rings. The summed E-state index contributed by atoms with van der Waals surface area (Å²) in [6.07, 6.45) is 8.08. The van der Waals surface area contributed by atoms with E-state index in [0.29, 0.717) is 6.04 Å². The van der Waals surface area contributed by atoms with E-state index in [9.17, 15) is 4.39 Å². The Morgan fingerprint density at radius 3 is 2.47 bits per heavy atom. The number of benzene rings is 1. The van der Waals surface area contributed by atoms with Gasteiger partial charge >= 0.3 is 0 Å². The normalized spacial score (nSPS) is 18.5. The molecule has 0 bridgehead atoms. The number of nitrogens with one attached hydrogen (secondary N) is 1. The summed E-state index contributed by atoms with van der Waals surface area (Å²) >= 11 is 0. The fourth-order valence-corrected chi connectivity index (χ4v) is 2.87. The fraction of sp³-hybridized carbons (Fsp3) is 0.600. The average molecular weight is 235 g/mol. The number of rotatable bonds is 5. The Morgan fingerprint density at radius 1 is 1.24 bits per heavy atom. The van der Waals surface area contributed by atoms with E-state index in [1.54, 1.807) is 12.1 Å². The second kappa shape index (κ2) is 6.15. The Kier molecular flexibility index (Phi) is 4.55. The third-order valence-electron chi connectivity index (χ3n) is 3.96. The quantitative estimate of drug-likeness (QED) is 0.811. The molecule has 1 saturated carbocycles. The van der Waals surface area contributed by atoms with Gasteiger partial charge in [0.25, 0.3) is 0 Å². The summed E-state index contributed by atoms with van der Waals surface area (Å²) in [6, 6.07) is 7.26. The monoisotopic (exact) mass is 235 g/mol. The van der Waals surface area contributed by atoms with Gasteiger partial charge in [-0.25, -0.2) is 4.39 Å². The van der Waals surface area contributed by atoms with Crippen molar-refractivity contribution >= 4 is 0 Å². The smallest absolute Gasteiger partial charge is 0.123 e. The summed E-state index contributed by atoms with van der Waals surface area (Å²) in [5, 5.41) is 3.34. The molecule has 0 spiro atoms. The molecule has 2 heteroatoms. The molecule has 1 unspecified atom stereocenters. The molecule has 0 amide bonds. The van der Waals surface area contributed by atoms with Gasteiger partial charge in [-0.3, -0.25) is 0 Å². The van der Waals surface area contributed by atoms with Gasteiger partial charge in [-0.2, -0.15) is 0 Å². The summed E-state index contributed by atoms with van der Waals surface area (Å²) in [5.41, 5.74) is 1.20. The Morgan fingerprint density at radius 2 is 1.88 bits per heavy atom. The second-order valence-electron chi connectivity index (χ2n) is 5.12. The van der Waals surface area contributed by atoms with Gasteiger partial charge in [0.1, 0.15) is 5.82 Å². The zero-order chi connectivity index (χ0) is 12.1. The minimum Gasteiger partial charge on any atom is -0.313 e. The summed E-state index contributed by atoms with van der Waals surface area (Å²) < 4.78 is 12.9. The average Bonchev–Trinajstić information content (AvgIpc) is 2.85. The zero-order valence-corrected chi connectivity index (χ0v) is 10.6. The summed E-state index contributed by atoms with van der Waals surface area (Å²) in [7, 11) is 1.99. The van der Waals surface area contributed by atoms with Crippen LogP contribution in [0.1, 0.15) is 50.1 Å². The molecule has 0 aliphatic heterocycles. The van der Waals surface area contributed by atoms with Crippen LogP contribution in [-0.4, -0.2) is 7.05 Å². The highest BCUT2D eigenvalue weighted by molar-refractivity contribution is 5.19. The van der Waals surface area contributed by atoms with Crippen LogP contribution in [0.3, 0.4) is 0 Å². The first-order chi connectivity index (χ1) is 8.29. The van der Waals surface area contributed by atoms with Crippen molar-refractivity contribution in [1.29, 1.82) is 0 Å². The molecular weight excluding hydrogens is 213 g/mol. The lowest BCUT2D eigenvalue weighted by Crippen LogP contribution is -2.17. The molecule has 94 valence electrons. The largest absolute Gasteiger partial charge is 0.313 e. The van der Waals surface area contributed by atoms with Gasteiger partial charge < -0.3 is 5.32 Å². The van der Waals surface area contributed by atoms with Crippen LogP contribution in [0.15, 0.2) is 24.3 Å². The zero-order valence-electron chi connectivity index (χ0n) is 10.6. The molecule has 0 heterocycles. The van der Waals surface area contributed by atoms with Crippen molar-refractivity contribution in [3.8, 4) is 0 Å². The van der Waals surface area contributed by atoms with Crippen molar-refractivity contribution in [2.45, 2.75) is 44.6 Å². The van der Waals surface area contributed by atoms with Gasteiger partial charge in [0, 0.05) is 6.04 Å². The first kappa shape index (κ1) is 12.6. The van der Waals surface area contributed by atoms with Crippen LogP contribution in [0, 0.1) is 11.7 Å². The van der Waals surface area contributed by atoms with Crippen LogP contribution < -0.4 is 5.32 Å². The topological polar surface area (TPSA) is 12.0 Å². The van der Waals surface area contributed by atoms with Crippen LogP contribution in [0.2, 0.25) is 0 Å². The Hall–Kier alpha value is -0.890. The van der Waals surface area contributed by atoms with E-state index in [1.165, 1.54) is 37.7 Å². The first-order valence-corrected chi connectivity index (χ1v) is 6.72. The maximum atomic E-state index is 12.9. The Bertz CT molecular complexity index is 327. The molecule has 0 saturated heterocycles. The van der Waals surface area contributed by atoms with Gasteiger partial charge in [-0.05, 0) is 43.5 Å². The molecule has 1 N–H and O–H groups in total. The van der Waals surface area contributed by atoms with Crippen molar-refractivity contribution in [3.63, 3.8) is 0 Å². The van der Waals surface area contributed by atoms with Gasteiger partial charge in [0.2, 0.25) is 0 Å². The lowest BCUT2D eigenvalue weighted by atomic mass is 9.95. The molecule has 1 fully saturated rings. The SMILES string of the molecule is CNC(CCC1CCCC1)c1ccc(F)cc1. The van der Waals surface area contributed by atoms with Crippen LogP contribution in [0.5, 0.6) is 0 Å². The highest BCUT2D eigenvalue weighted by atomic mass is 19.1. The molecule has 1 aliphatic carbocycles. The third kappa shape index (κ3) is 3.53. The molecular formula is C15H22FN. The summed E-state index contributed by atoms with van der Waals surface area (Å²) in [4.78, 5) is 0. The molecule has 0 radical (unpaired) electrons. The predicted molar refractivity (Wildman–Crippen MR) is 69.4 cm³/mol. The van der Waals surface area contributed by atoms with Gasteiger partial charge in [-0.1, -0.05) is 37.8 Å². The van der Waals surface area contributed by atoms with E-state index < -0.39 is 0 Å². The maximum Gasteiger partial charge on any atom is 0.123 e. The summed E-state index contributed by atoms with van der Waals surface area (Å²) in [5.74, 6) is 0.769. The lowest BCUT2D eigenvalue weighted by Gasteiger charge is -2.18. The minimum atomic E-state index is -0.153. The van der Waals surface area contributed by atoms with Gasteiger partial charge in [0.05, 0.1) is 0 Å². The second-order valence-corrected chi connectivity index (χ2v) is 5.12. The molecule has 1 nitrogen and oxygen atoms in total. The molecule has 1 aromatic carbocycles. The van der Waals surface area contributed by atoms with E-state index in [-0.39, 0.29) is 5.82 Å². The third-order valence-corrected chi connectivity index (χ3v) is 3.96. The molecule has 0 aromatic heterocycles. The molecule has 2 rings (SSSR count). The molecule has 1 atom stereocenters. The lowest BCUT2D eigenvalue weighted by molar-refractivity contribution is 0.427. The summed E-state index contributed by atoms with van der Waals surface area (Å²) in [6.45, 7) is 0. The number of halogens is 1. The van der Waals surface area contributed by atoms with E-state index in [4.69, 9.17) is 0 Å². The fourth-order valence-electron chi connectivity index (χ4n) is 2.87. The van der Waals surface area contributed by atoms with E-state index >= 15 is 0 Å². The molecule has 17 heavy (non-hydrogen) atoms. The van der Waals surface area contributed by atoms with E-state index in [0.717, 1.165) is 12.3 Å². The highest BCUT2D eigenvalue weighted by Gasteiger charge is 2.17. The van der Waals surface area contributed by atoms with E-state index in [1.807, 2.05) is 19.2 Å². The molecule has 1 aliphatic rings. The first-order valence-electron chi connectivity index (χ1n) is 6.72. The van der Waals surface area contributed by atoms with Crippen LogP contribution in [0.25, 0.3) is 0 Å². The van der Waals surface area contributed by atoms with Gasteiger partial charge in [-0.15, -0.1) is 0 Å². The van der Waals surface area contributed by atoms with E-state index in [2.05, 4.69) is 5.32 Å². The minimum absolute atomic E-state index is 0.153. The van der Waals surface area contributed by atoms with Gasteiger partial charge in [0.15, 0.2) is 0 Å². The van der Waals surface area contributed by atoms with Crippen LogP contribution in [-0.2, 0) is 0 Å². The van der Waals surface area contributed by atoms with Crippen LogP contribution >= 0.6 is 0 Å². The van der Waals surface area contributed by atoms with Crippen molar-refractivity contribution in [3.05, 3.63) is 35.6 Å². The highest BCUT2D eigenvalue weighted by Crippen LogP contribution is 2.31. The standard InChI is InChI=1S/C15H22FN/c1-17-15(11-6-12-4-2-3-5-12)13-7-9-14(16)10-8-13/h7-10,12,15,17H,2-6,11H2,1H3. The van der Waals surface area contributed by atoms with Crippen LogP contribution in [0.4, 0.5) is 4.39 Å². The van der Waals surface area contributed by atoms with Crippen molar-refractivity contribution in [2.75, 3.05) is 7.05 Å². The number of hydrogen-bond donors (Lipinski definition) is 1. The number of hydrogen-bond acceptors (Lipinski definition) is 1. The Balaban J connectivity index is 1.89. The maximum absolute atomic E-state index is 12.9. The van der Waals surface area contributed by atoms with Crippen molar-refractivity contribution in [2.24, 2.45) is 5.92 Å². The predicted octanol–water partition coefficient (Wildman–Crippen LogP) is 4.06. The van der Waals surface area contributed by atoms with Crippen molar-refractivity contribution < 1.29 is 4.39 Å². The Labute approximate surface area is 103 Å².